The normalized spacial score (nSPS) is 11.5. The van der Waals surface area contributed by atoms with Crippen LogP contribution in [0.1, 0.15) is 55.7 Å². The molecule has 3 N–H and O–H groups in total. The van der Waals surface area contributed by atoms with Crippen molar-refractivity contribution in [2.75, 3.05) is 13.2 Å². The Morgan fingerprint density at radius 2 is 1.47 bits per heavy atom. The van der Waals surface area contributed by atoms with Crippen molar-refractivity contribution in [2.45, 2.75) is 64.0 Å². The summed E-state index contributed by atoms with van der Waals surface area (Å²) >= 11 is 0. The molecule has 0 spiro atoms. The summed E-state index contributed by atoms with van der Waals surface area (Å²) in [6.07, 6.45) is 6.49. The van der Waals surface area contributed by atoms with Gasteiger partial charge in [0.1, 0.15) is 6.61 Å². The molecule has 0 aliphatic carbocycles. The predicted molar refractivity (Wildman–Crippen MR) is 137 cm³/mol. The second-order valence-corrected chi connectivity index (χ2v) is 9.11. The highest BCUT2D eigenvalue weighted by Crippen LogP contribution is 2.22. The number of rotatable bonds is 13. The van der Waals surface area contributed by atoms with Gasteiger partial charge in [-0.3, -0.25) is 0 Å². The maximum absolute atomic E-state index is 12.3. The molecule has 5 nitrogen and oxygen atoms in total. The van der Waals surface area contributed by atoms with E-state index in [1.807, 2.05) is 30.3 Å². The molecule has 3 aromatic rings. The minimum Gasteiger partial charge on any atom is -0.445 e. The van der Waals surface area contributed by atoms with Gasteiger partial charge in [-0.1, -0.05) is 92.9 Å². The average molecular weight is 464 g/mol. The Morgan fingerprint density at radius 3 is 2.09 bits per heavy atom. The highest BCUT2D eigenvalue weighted by Gasteiger charge is 2.31. The molecule has 0 heterocycles. The monoisotopic (exact) mass is 463 g/mol. The van der Waals surface area contributed by atoms with E-state index in [1.165, 1.54) is 42.0 Å². The van der Waals surface area contributed by atoms with Crippen LogP contribution in [-0.2, 0) is 24.2 Å². The van der Waals surface area contributed by atoms with Crippen molar-refractivity contribution < 1.29 is 19.7 Å². The van der Waals surface area contributed by atoms with E-state index >= 15 is 0 Å². The minimum absolute atomic E-state index is 0.130. The molecule has 3 aromatic carbocycles. The summed E-state index contributed by atoms with van der Waals surface area (Å²) in [7, 11) is 0. The van der Waals surface area contributed by atoms with Gasteiger partial charge in [-0.05, 0) is 53.1 Å². The summed E-state index contributed by atoms with van der Waals surface area (Å²) in [5.41, 5.74) is 2.19. The quantitative estimate of drug-likeness (QED) is 0.291. The molecular formula is C29H37NO4. The van der Waals surface area contributed by atoms with E-state index in [4.69, 9.17) is 4.74 Å². The molecule has 0 aromatic heterocycles. The van der Waals surface area contributed by atoms with Gasteiger partial charge < -0.3 is 20.3 Å². The number of unbranched alkanes of at least 4 members (excludes halogenated alkanes) is 3. The van der Waals surface area contributed by atoms with Crippen LogP contribution in [0.2, 0.25) is 0 Å². The molecule has 1 amide bonds. The van der Waals surface area contributed by atoms with E-state index in [-0.39, 0.29) is 19.8 Å². The van der Waals surface area contributed by atoms with Crippen molar-refractivity contribution in [3.05, 3.63) is 83.4 Å². The second-order valence-electron chi connectivity index (χ2n) is 9.11. The third-order valence-electron chi connectivity index (χ3n) is 6.37. The van der Waals surface area contributed by atoms with Crippen LogP contribution in [0.25, 0.3) is 10.8 Å². The molecule has 3 rings (SSSR count). The van der Waals surface area contributed by atoms with Gasteiger partial charge in [0.05, 0.1) is 18.8 Å². The Kier molecular flexibility index (Phi) is 9.92. The number of aryl methyl sites for hydroxylation is 2. The van der Waals surface area contributed by atoms with Crippen molar-refractivity contribution in [1.29, 1.82) is 0 Å². The Balaban J connectivity index is 1.57. The number of carbonyl (C=O) groups is 1. The molecule has 0 aliphatic heterocycles. The Labute approximate surface area is 202 Å². The molecule has 0 saturated heterocycles. The number of amides is 1. The van der Waals surface area contributed by atoms with Crippen LogP contribution in [0, 0.1) is 0 Å². The first kappa shape index (κ1) is 25.7. The van der Waals surface area contributed by atoms with E-state index in [2.05, 4.69) is 48.6 Å². The number of hydrogen-bond acceptors (Lipinski definition) is 4. The topological polar surface area (TPSA) is 78.8 Å². The Hall–Kier alpha value is -2.89. The fourth-order valence-corrected chi connectivity index (χ4v) is 4.12. The molecule has 0 unspecified atom stereocenters. The maximum atomic E-state index is 12.3. The first-order valence-corrected chi connectivity index (χ1v) is 12.3. The van der Waals surface area contributed by atoms with Gasteiger partial charge in [0.2, 0.25) is 0 Å². The average Bonchev–Trinajstić information content (AvgIpc) is 2.88. The highest BCUT2D eigenvalue weighted by atomic mass is 16.5. The first-order valence-electron chi connectivity index (χ1n) is 12.3. The lowest BCUT2D eigenvalue weighted by Crippen LogP contribution is -2.54. The fourth-order valence-electron chi connectivity index (χ4n) is 4.12. The smallest absolute Gasteiger partial charge is 0.408 e. The first-order chi connectivity index (χ1) is 16.6. The fraction of sp³-hybridized carbons (Fsp3) is 0.414. The number of carbonyl (C=O) groups excluding carboxylic acids is 1. The van der Waals surface area contributed by atoms with Gasteiger partial charge >= 0.3 is 6.09 Å². The largest absolute Gasteiger partial charge is 0.445 e. The number of fused-ring (bicyclic) bond motifs is 1. The number of alkyl carbamates (subject to hydrolysis) is 1. The van der Waals surface area contributed by atoms with Crippen LogP contribution < -0.4 is 5.32 Å². The minimum atomic E-state index is -1.15. The van der Waals surface area contributed by atoms with Crippen LogP contribution in [-0.4, -0.2) is 35.1 Å². The van der Waals surface area contributed by atoms with Crippen LogP contribution in [0.15, 0.2) is 66.7 Å². The van der Waals surface area contributed by atoms with Gasteiger partial charge in [0.15, 0.2) is 0 Å². The molecule has 0 fully saturated rings. The summed E-state index contributed by atoms with van der Waals surface area (Å²) in [6, 6.07) is 22.4. The van der Waals surface area contributed by atoms with Gasteiger partial charge in [0, 0.05) is 0 Å². The van der Waals surface area contributed by atoms with Crippen molar-refractivity contribution in [3.63, 3.8) is 0 Å². The number of aliphatic hydroxyl groups is 2. The molecule has 0 saturated carbocycles. The van der Waals surface area contributed by atoms with E-state index in [0.717, 1.165) is 17.5 Å². The summed E-state index contributed by atoms with van der Waals surface area (Å²) < 4.78 is 5.28. The standard InChI is InChI=1S/C29H37NO4/c1-2-3-4-6-9-23-12-14-27-19-24(13-15-26(27)18-23)16-17-29(21-31,22-32)30-28(33)34-20-25-10-7-5-8-11-25/h5,7-8,10-15,18-19,31-32H,2-4,6,9,16-17,20-22H2,1H3,(H,30,33). The van der Waals surface area contributed by atoms with Crippen LogP contribution in [0.5, 0.6) is 0 Å². The van der Waals surface area contributed by atoms with E-state index in [0.29, 0.717) is 12.8 Å². The maximum Gasteiger partial charge on any atom is 0.408 e. The zero-order valence-electron chi connectivity index (χ0n) is 20.1. The summed E-state index contributed by atoms with van der Waals surface area (Å²) in [4.78, 5) is 12.3. The van der Waals surface area contributed by atoms with E-state index in [9.17, 15) is 15.0 Å². The molecule has 0 atom stereocenters. The van der Waals surface area contributed by atoms with Crippen molar-refractivity contribution in [2.24, 2.45) is 0 Å². The number of benzene rings is 3. The number of aliphatic hydroxyl groups excluding tert-OH is 2. The van der Waals surface area contributed by atoms with Gasteiger partial charge in [0.25, 0.3) is 0 Å². The molecule has 0 aliphatic rings. The molecule has 34 heavy (non-hydrogen) atoms. The van der Waals surface area contributed by atoms with Crippen molar-refractivity contribution in [3.8, 4) is 0 Å². The summed E-state index contributed by atoms with van der Waals surface area (Å²) in [6.45, 7) is 1.61. The van der Waals surface area contributed by atoms with E-state index < -0.39 is 11.6 Å². The number of ether oxygens (including phenoxy) is 1. The lowest BCUT2D eigenvalue weighted by Gasteiger charge is -2.30. The summed E-state index contributed by atoms with van der Waals surface area (Å²) in [5, 5.41) is 25.0. The van der Waals surface area contributed by atoms with Gasteiger partial charge in [-0.15, -0.1) is 0 Å². The second kappa shape index (κ2) is 13.1. The molecule has 182 valence electrons. The van der Waals surface area contributed by atoms with Crippen LogP contribution in [0.4, 0.5) is 4.79 Å². The predicted octanol–water partition coefficient (Wildman–Crippen LogP) is 5.55. The zero-order valence-corrected chi connectivity index (χ0v) is 20.1. The van der Waals surface area contributed by atoms with E-state index in [1.54, 1.807) is 0 Å². The van der Waals surface area contributed by atoms with Gasteiger partial charge in [-0.25, -0.2) is 4.79 Å². The lowest BCUT2D eigenvalue weighted by molar-refractivity contribution is 0.0677. The highest BCUT2D eigenvalue weighted by molar-refractivity contribution is 5.83. The van der Waals surface area contributed by atoms with Gasteiger partial charge in [-0.2, -0.15) is 0 Å². The van der Waals surface area contributed by atoms with Crippen LogP contribution in [0.3, 0.4) is 0 Å². The van der Waals surface area contributed by atoms with Crippen molar-refractivity contribution >= 4 is 16.9 Å². The molecule has 5 heteroatoms. The zero-order chi connectivity index (χ0) is 24.2. The third-order valence-corrected chi connectivity index (χ3v) is 6.37. The Bertz CT molecular complexity index is 1030. The third kappa shape index (κ3) is 7.57. The molecular weight excluding hydrogens is 426 g/mol. The lowest BCUT2D eigenvalue weighted by atomic mass is 9.92. The molecule has 0 radical (unpaired) electrons. The number of hydrogen-bond donors (Lipinski definition) is 3. The van der Waals surface area contributed by atoms with Crippen molar-refractivity contribution in [1.82, 2.24) is 5.32 Å². The summed E-state index contributed by atoms with van der Waals surface area (Å²) in [5.74, 6) is 0. The number of nitrogens with one attached hydrogen (secondary N) is 1. The Morgan fingerprint density at radius 1 is 0.824 bits per heavy atom. The van der Waals surface area contributed by atoms with Crippen LogP contribution >= 0.6 is 0 Å². The molecule has 0 bridgehead atoms. The SMILES string of the molecule is CCCCCCc1ccc2cc(CCC(CO)(CO)NC(=O)OCc3ccccc3)ccc2c1.